The smallest absolute Gasteiger partial charge is 0.240 e. The van der Waals surface area contributed by atoms with Crippen molar-refractivity contribution in [3.05, 3.63) is 36.5 Å². The van der Waals surface area contributed by atoms with Gasteiger partial charge in [0, 0.05) is 25.9 Å². The Balaban J connectivity index is 0.000000189. The van der Waals surface area contributed by atoms with E-state index in [1.165, 1.54) is 17.6 Å². The summed E-state index contributed by atoms with van der Waals surface area (Å²) in [7, 11) is 0. The summed E-state index contributed by atoms with van der Waals surface area (Å²) in [6.45, 7) is 4.03. The number of likely N-dealkylation sites (tertiary alicyclic amines) is 1. The molecule has 168 valence electrons. The molecule has 1 fully saturated rings. The van der Waals surface area contributed by atoms with Gasteiger partial charge in [-0.05, 0) is 31.9 Å². The van der Waals surface area contributed by atoms with Gasteiger partial charge in [0.25, 0.3) is 0 Å². The van der Waals surface area contributed by atoms with Crippen LogP contribution in [-0.4, -0.2) is 58.8 Å². The molecule has 0 saturated carbocycles. The minimum Gasteiger partial charge on any atom is -0.382 e. The van der Waals surface area contributed by atoms with Crippen molar-refractivity contribution in [2.24, 2.45) is 0 Å². The molecule has 4 N–H and O–H groups in total. The number of nitrogens with two attached hydrogens (primary N) is 2. The highest BCUT2D eigenvalue weighted by atomic mass is 19.1. The molecule has 5 rings (SSSR count). The molecular weight excluding hydrogens is 420 g/mol. The van der Waals surface area contributed by atoms with Crippen LogP contribution in [0.4, 0.5) is 20.5 Å². The number of nitrogen functional groups attached to an aromatic ring is 2. The molecule has 1 amide bonds. The summed E-state index contributed by atoms with van der Waals surface area (Å²) >= 11 is 0. The molecule has 1 atom stereocenters. The normalized spacial score (nSPS) is 18.6. The third-order valence-electron chi connectivity index (χ3n) is 5.23. The van der Waals surface area contributed by atoms with Crippen LogP contribution < -0.4 is 11.5 Å². The summed E-state index contributed by atoms with van der Waals surface area (Å²) in [4.78, 5) is 20.4. The van der Waals surface area contributed by atoms with Crippen molar-refractivity contribution < 1.29 is 13.6 Å². The zero-order valence-corrected chi connectivity index (χ0v) is 17.7. The number of anilines is 2. The second kappa shape index (κ2) is 8.02. The molecule has 1 unspecified atom stereocenters. The summed E-state index contributed by atoms with van der Waals surface area (Å²) < 4.78 is 30.4. The Bertz CT molecular complexity index is 1300. The predicted molar refractivity (Wildman–Crippen MR) is 115 cm³/mol. The molecule has 1 aliphatic rings. The van der Waals surface area contributed by atoms with Crippen molar-refractivity contribution in [2.75, 3.05) is 24.6 Å². The minimum absolute atomic E-state index is 0.0198. The third kappa shape index (κ3) is 4.15. The summed E-state index contributed by atoms with van der Waals surface area (Å²) in [5.74, 6) is -0.462. The van der Waals surface area contributed by atoms with Gasteiger partial charge in [-0.3, -0.25) is 4.79 Å². The van der Waals surface area contributed by atoms with Gasteiger partial charge in [-0.1, -0.05) is 0 Å². The molecule has 1 aliphatic heterocycles. The van der Waals surface area contributed by atoms with E-state index in [-0.39, 0.29) is 29.8 Å². The minimum atomic E-state index is -1.16. The number of fused-ring (bicyclic) bond motifs is 2. The number of alkyl halides is 1. The van der Waals surface area contributed by atoms with Gasteiger partial charge in [0.2, 0.25) is 11.9 Å². The maximum atomic E-state index is 14.3. The summed E-state index contributed by atoms with van der Waals surface area (Å²) in [6.07, 6.45) is 5.84. The Morgan fingerprint density at radius 1 is 1.22 bits per heavy atom. The molecule has 0 bridgehead atoms. The van der Waals surface area contributed by atoms with Gasteiger partial charge in [-0.2, -0.15) is 10.1 Å². The van der Waals surface area contributed by atoms with Crippen LogP contribution in [-0.2, 0) is 4.79 Å². The zero-order chi connectivity index (χ0) is 23.0. The van der Waals surface area contributed by atoms with Crippen molar-refractivity contribution in [2.45, 2.75) is 32.4 Å². The van der Waals surface area contributed by atoms with Gasteiger partial charge >= 0.3 is 0 Å². The van der Waals surface area contributed by atoms with E-state index in [2.05, 4.69) is 20.2 Å². The molecule has 5 heterocycles. The molecule has 0 spiro atoms. The molecule has 0 aliphatic carbocycles. The largest absolute Gasteiger partial charge is 0.382 e. The maximum Gasteiger partial charge on any atom is 0.240 e. The fourth-order valence-corrected chi connectivity index (χ4v) is 3.75. The number of carbonyl (C=O) groups excluding carboxylic acids is 1. The van der Waals surface area contributed by atoms with E-state index < -0.39 is 11.5 Å². The molecule has 1 saturated heterocycles. The number of piperidine rings is 1. The highest BCUT2D eigenvalue weighted by molar-refractivity contribution is 5.87. The van der Waals surface area contributed by atoms with Gasteiger partial charge in [0.1, 0.15) is 11.2 Å². The van der Waals surface area contributed by atoms with E-state index in [9.17, 15) is 13.6 Å². The topological polar surface area (TPSA) is 133 Å². The first-order valence-electron chi connectivity index (χ1n) is 10.00. The monoisotopic (exact) mass is 443 g/mol. The first kappa shape index (κ1) is 21.4. The van der Waals surface area contributed by atoms with Crippen LogP contribution >= 0.6 is 0 Å². The number of hydrogen-bond acceptors (Lipinski definition) is 7. The lowest BCUT2D eigenvalue weighted by Gasteiger charge is -2.34. The Morgan fingerprint density at radius 3 is 2.69 bits per heavy atom. The van der Waals surface area contributed by atoms with Crippen molar-refractivity contribution >= 4 is 28.8 Å². The van der Waals surface area contributed by atoms with Crippen molar-refractivity contribution in [1.29, 1.82) is 0 Å². The van der Waals surface area contributed by atoms with Crippen molar-refractivity contribution in [3.63, 3.8) is 0 Å². The van der Waals surface area contributed by atoms with E-state index in [0.717, 1.165) is 13.0 Å². The average molecular weight is 443 g/mol. The summed E-state index contributed by atoms with van der Waals surface area (Å²) in [5.41, 5.74) is 11.8. The lowest BCUT2D eigenvalue weighted by atomic mass is 9.97. The Kier molecular flexibility index (Phi) is 5.36. The fraction of sp³-hybridized carbons (Fsp3) is 0.350. The van der Waals surface area contributed by atoms with Gasteiger partial charge in [-0.15, -0.1) is 5.10 Å². The number of nitrogens with zero attached hydrogens (tertiary/aromatic N) is 7. The molecule has 12 heteroatoms. The van der Waals surface area contributed by atoms with E-state index in [0.29, 0.717) is 23.3 Å². The fourth-order valence-electron chi connectivity index (χ4n) is 3.75. The molecule has 4 aromatic heterocycles. The van der Waals surface area contributed by atoms with Gasteiger partial charge in [0.15, 0.2) is 17.3 Å². The van der Waals surface area contributed by atoms with Crippen LogP contribution in [0.5, 0.6) is 0 Å². The summed E-state index contributed by atoms with van der Waals surface area (Å²) in [5, 5.41) is 8.22. The Hall–Kier alpha value is -3.83. The molecule has 0 radical (unpaired) electrons. The molecule has 10 nitrogen and oxygen atoms in total. The van der Waals surface area contributed by atoms with Crippen LogP contribution in [0.3, 0.4) is 0 Å². The van der Waals surface area contributed by atoms with E-state index in [1.807, 2.05) is 0 Å². The Morgan fingerprint density at radius 2 is 2.00 bits per heavy atom. The van der Waals surface area contributed by atoms with Crippen molar-refractivity contribution in [1.82, 2.24) is 34.1 Å². The SMILES string of the molecule is CC(=O)N1CCCC(C)(F)C1.Nc1nc(N)c2c(-c3ccc4nccn4n3)c(F)cn2n1. The predicted octanol–water partition coefficient (Wildman–Crippen LogP) is 2.10. The van der Waals surface area contributed by atoms with Crippen LogP contribution in [0.2, 0.25) is 0 Å². The lowest BCUT2D eigenvalue weighted by molar-refractivity contribution is -0.132. The van der Waals surface area contributed by atoms with Gasteiger partial charge in [-0.25, -0.2) is 22.8 Å². The van der Waals surface area contributed by atoms with Crippen LogP contribution in [0.25, 0.3) is 22.4 Å². The highest BCUT2D eigenvalue weighted by Gasteiger charge is 2.31. The van der Waals surface area contributed by atoms with E-state index in [4.69, 9.17) is 11.5 Å². The first-order chi connectivity index (χ1) is 15.1. The lowest BCUT2D eigenvalue weighted by Crippen LogP contribution is -2.45. The zero-order valence-electron chi connectivity index (χ0n) is 17.7. The molecular formula is C20H23F2N9O. The average Bonchev–Trinajstić information content (AvgIpc) is 3.30. The molecule has 32 heavy (non-hydrogen) atoms. The number of hydrogen-bond donors (Lipinski definition) is 2. The standard InChI is InChI=1S/C12H9FN8.C8H14FNO/c13-6-5-21-10(11(14)17-12(15)19-21)9(6)7-1-2-8-16-3-4-20(8)18-7;1-7(11)10-5-3-4-8(2,9)6-10/h1-5H,(H4,14,15,17,19);3-6H2,1-2H3. The van der Waals surface area contributed by atoms with E-state index in [1.54, 1.807) is 40.9 Å². The second-order valence-electron chi connectivity index (χ2n) is 7.91. The van der Waals surface area contributed by atoms with Gasteiger partial charge < -0.3 is 16.4 Å². The molecule has 4 aromatic rings. The van der Waals surface area contributed by atoms with Crippen LogP contribution in [0, 0.1) is 5.82 Å². The van der Waals surface area contributed by atoms with Crippen LogP contribution in [0.1, 0.15) is 26.7 Å². The Labute approximate surface area is 181 Å². The first-order valence-corrected chi connectivity index (χ1v) is 10.00. The third-order valence-corrected chi connectivity index (χ3v) is 5.23. The van der Waals surface area contributed by atoms with E-state index >= 15 is 0 Å². The highest BCUT2D eigenvalue weighted by Crippen LogP contribution is 2.30. The number of halogens is 2. The number of carbonyl (C=O) groups is 1. The van der Waals surface area contributed by atoms with Crippen LogP contribution in [0.15, 0.2) is 30.7 Å². The maximum absolute atomic E-state index is 14.3. The summed E-state index contributed by atoms with van der Waals surface area (Å²) in [6, 6.07) is 3.40. The second-order valence-corrected chi connectivity index (χ2v) is 7.91. The molecule has 0 aromatic carbocycles. The number of aromatic nitrogens is 6. The number of imidazole rings is 1. The number of rotatable bonds is 1. The van der Waals surface area contributed by atoms with Crippen molar-refractivity contribution in [3.8, 4) is 11.3 Å². The number of amides is 1. The quantitative estimate of drug-likeness (QED) is 0.460. The van der Waals surface area contributed by atoms with Gasteiger partial charge in [0.05, 0.1) is 24.0 Å².